The molecule has 17 heavy (non-hydrogen) atoms. The van der Waals surface area contributed by atoms with Crippen molar-refractivity contribution >= 4 is 0 Å². The van der Waals surface area contributed by atoms with E-state index < -0.39 is 0 Å². The van der Waals surface area contributed by atoms with Crippen LogP contribution in [0.1, 0.15) is 11.3 Å². The van der Waals surface area contributed by atoms with Crippen molar-refractivity contribution in [3.8, 4) is 11.6 Å². The smallest absolute Gasteiger partial charge is 0.219 e. The van der Waals surface area contributed by atoms with Crippen molar-refractivity contribution in [2.24, 2.45) is 5.73 Å². The van der Waals surface area contributed by atoms with Gasteiger partial charge >= 0.3 is 0 Å². The quantitative estimate of drug-likeness (QED) is 0.885. The first-order valence-corrected chi connectivity index (χ1v) is 5.29. The molecule has 0 spiro atoms. The van der Waals surface area contributed by atoms with Gasteiger partial charge in [-0.05, 0) is 24.6 Å². The number of halogens is 1. The number of aryl methyl sites for hydroxylation is 1. The number of nitrogens with two attached hydrogens (primary N) is 1. The van der Waals surface area contributed by atoms with Gasteiger partial charge in [-0.2, -0.15) is 0 Å². The summed E-state index contributed by atoms with van der Waals surface area (Å²) in [6, 6.07) is 10.2. The Labute approximate surface area is 99.1 Å². The maximum atomic E-state index is 13.7. The molecule has 1 aromatic carbocycles. The number of hydrogen-bond acceptors (Lipinski definition) is 3. The van der Waals surface area contributed by atoms with Crippen molar-refractivity contribution in [3.63, 3.8) is 0 Å². The molecule has 88 valence electrons. The van der Waals surface area contributed by atoms with Crippen molar-refractivity contribution in [1.82, 2.24) is 4.98 Å². The van der Waals surface area contributed by atoms with Gasteiger partial charge in [-0.25, -0.2) is 9.37 Å². The third-order valence-corrected chi connectivity index (χ3v) is 2.36. The van der Waals surface area contributed by atoms with Crippen LogP contribution in [0.25, 0.3) is 0 Å². The van der Waals surface area contributed by atoms with Crippen molar-refractivity contribution in [2.45, 2.75) is 13.5 Å². The van der Waals surface area contributed by atoms with Gasteiger partial charge in [0, 0.05) is 12.6 Å². The number of nitrogens with zero attached hydrogens (tertiary/aromatic N) is 1. The van der Waals surface area contributed by atoms with Crippen molar-refractivity contribution < 1.29 is 9.13 Å². The van der Waals surface area contributed by atoms with Crippen LogP contribution in [0.15, 0.2) is 36.4 Å². The number of aromatic nitrogens is 1. The van der Waals surface area contributed by atoms with Gasteiger partial charge in [0.15, 0.2) is 11.6 Å². The van der Waals surface area contributed by atoms with Crippen molar-refractivity contribution in [1.29, 1.82) is 0 Å². The van der Waals surface area contributed by atoms with Crippen LogP contribution in [0.5, 0.6) is 11.6 Å². The number of pyridine rings is 1. The molecule has 0 amide bonds. The highest BCUT2D eigenvalue weighted by atomic mass is 19.1. The standard InChI is InChI=1S/C13H13FN2O/c1-9-4-2-6-11(13(9)14)17-12-7-3-5-10(8-15)16-12/h2-7H,8,15H2,1H3. The molecule has 0 aliphatic carbocycles. The number of hydrogen-bond donors (Lipinski definition) is 1. The maximum absolute atomic E-state index is 13.7. The van der Waals surface area contributed by atoms with E-state index >= 15 is 0 Å². The van der Waals surface area contributed by atoms with Crippen LogP contribution < -0.4 is 10.5 Å². The third kappa shape index (κ3) is 2.60. The number of benzene rings is 1. The minimum Gasteiger partial charge on any atom is -0.436 e. The summed E-state index contributed by atoms with van der Waals surface area (Å²) in [6.07, 6.45) is 0. The number of ether oxygens (including phenoxy) is 1. The third-order valence-electron chi connectivity index (χ3n) is 2.36. The zero-order valence-corrected chi connectivity index (χ0v) is 9.48. The second kappa shape index (κ2) is 4.93. The molecule has 1 aromatic heterocycles. The largest absolute Gasteiger partial charge is 0.436 e. The van der Waals surface area contributed by atoms with Gasteiger partial charge in [-0.1, -0.05) is 18.2 Å². The predicted molar refractivity (Wildman–Crippen MR) is 63.3 cm³/mol. The topological polar surface area (TPSA) is 48.1 Å². The zero-order valence-electron chi connectivity index (χ0n) is 9.48. The summed E-state index contributed by atoms with van der Waals surface area (Å²) in [5.74, 6) is 0.150. The molecule has 3 nitrogen and oxygen atoms in total. The SMILES string of the molecule is Cc1cccc(Oc2cccc(CN)n2)c1F. The zero-order chi connectivity index (χ0) is 12.3. The van der Waals surface area contributed by atoms with E-state index in [1.807, 2.05) is 0 Å². The fourth-order valence-electron chi connectivity index (χ4n) is 1.44. The van der Waals surface area contributed by atoms with E-state index in [2.05, 4.69) is 4.98 Å². The summed E-state index contributed by atoms with van der Waals surface area (Å²) in [4.78, 5) is 4.14. The number of rotatable bonds is 3. The van der Waals surface area contributed by atoms with E-state index in [1.54, 1.807) is 43.3 Å². The molecule has 0 saturated heterocycles. The maximum Gasteiger partial charge on any atom is 0.219 e. The molecule has 0 unspecified atom stereocenters. The molecule has 2 aromatic rings. The molecule has 0 atom stereocenters. The minimum atomic E-state index is -0.368. The lowest BCUT2D eigenvalue weighted by Crippen LogP contribution is -2.00. The highest BCUT2D eigenvalue weighted by Crippen LogP contribution is 2.24. The lowest BCUT2D eigenvalue weighted by atomic mass is 10.2. The summed E-state index contributed by atoms with van der Waals surface area (Å²) in [5.41, 5.74) is 6.72. The van der Waals surface area contributed by atoms with Crippen molar-refractivity contribution in [2.75, 3.05) is 0 Å². The van der Waals surface area contributed by atoms with Gasteiger partial charge in [0.1, 0.15) is 0 Å². The molecule has 0 aliphatic rings. The Morgan fingerprint density at radius 3 is 2.76 bits per heavy atom. The van der Waals surface area contributed by atoms with E-state index in [-0.39, 0.29) is 11.6 Å². The molecule has 0 aliphatic heterocycles. The summed E-state index contributed by atoms with van der Waals surface area (Å²) in [6.45, 7) is 2.01. The second-order valence-corrected chi connectivity index (χ2v) is 3.66. The van der Waals surface area contributed by atoms with E-state index in [0.717, 1.165) is 0 Å². The average Bonchev–Trinajstić information content (AvgIpc) is 2.35. The van der Waals surface area contributed by atoms with Gasteiger partial charge in [-0.3, -0.25) is 0 Å². The van der Waals surface area contributed by atoms with Crippen LogP contribution >= 0.6 is 0 Å². The Kier molecular flexibility index (Phi) is 3.35. The Morgan fingerprint density at radius 2 is 2.00 bits per heavy atom. The fourth-order valence-corrected chi connectivity index (χ4v) is 1.44. The Balaban J connectivity index is 2.28. The first-order valence-electron chi connectivity index (χ1n) is 5.29. The van der Waals surface area contributed by atoms with Gasteiger partial charge in [0.2, 0.25) is 5.88 Å². The first kappa shape index (κ1) is 11.5. The second-order valence-electron chi connectivity index (χ2n) is 3.66. The van der Waals surface area contributed by atoms with Gasteiger partial charge < -0.3 is 10.5 Å². The summed E-state index contributed by atoms with van der Waals surface area (Å²) in [5, 5.41) is 0. The van der Waals surface area contributed by atoms with E-state index in [1.165, 1.54) is 0 Å². The molecular formula is C13H13FN2O. The normalized spacial score (nSPS) is 10.3. The Morgan fingerprint density at radius 1 is 1.24 bits per heavy atom. The van der Waals surface area contributed by atoms with Crippen LogP contribution in [0.2, 0.25) is 0 Å². The van der Waals surface area contributed by atoms with Crippen LogP contribution in [0.4, 0.5) is 4.39 Å². The van der Waals surface area contributed by atoms with Crippen LogP contribution in [0.3, 0.4) is 0 Å². The predicted octanol–water partition coefficient (Wildman–Crippen LogP) is 2.78. The van der Waals surface area contributed by atoms with E-state index in [4.69, 9.17) is 10.5 Å². The Bertz CT molecular complexity index is 529. The van der Waals surface area contributed by atoms with Gasteiger partial charge in [-0.15, -0.1) is 0 Å². The minimum absolute atomic E-state index is 0.173. The van der Waals surface area contributed by atoms with Crippen LogP contribution in [0, 0.1) is 12.7 Å². The summed E-state index contributed by atoms with van der Waals surface area (Å²) in [7, 11) is 0. The first-order chi connectivity index (χ1) is 8.20. The lowest BCUT2D eigenvalue weighted by Gasteiger charge is -2.07. The molecule has 4 heteroatoms. The lowest BCUT2D eigenvalue weighted by molar-refractivity contribution is 0.424. The summed E-state index contributed by atoms with van der Waals surface area (Å²) >= 11 is 0. The molecular weight excluding hydrogens is 219 g/mol. The van der Waals surface area contributed by atoms with Gasteiger partial charge in [0.05, 0.1) is 5.69 Å². The molecule has 0 fully saturated rings. The highest BCUT2D eigenvalue weighted by Gasteiger charge is 2.07. The summed E-state index contributed by atoms with van der Waals surface area (Å²) < 4.78 is 19.1. The molecule has 0 radical (unpaired) electrons. The molecule has 2 N–H and O–H groups in total. The average molecular weight is 232 g/mol. The highest BCUT2D eigenvalue weighted by molar-refractivity contribution is 5.33. The van der Waals surface area contributed by atoms with Crippen LogP contribution in [-0.2, 0) is 6.54 Å². The van der Waals surface area contributed by atoms with Crippen molar-refractivity contribution in [3.05, 3.63) is 53.5 Å². The molecule has 0 saturated carbocycles. The van der Waals surface area contributed by atoms with Gasteiger partial charge in [0.25, 0.3) is 0 Å². The Hall–Kier alpha value is -1.94. The molecule has 1 heterocycles. The van der Waals surface area contributed by atoms with E-state index in [9.17, 15) is 4.39 Å². The van der Waals surface area contributed by atoms with Crippen LogP contribution in [-0.4, -0.2) is 4.98 Å². The monoisotopic (exact) mass is 232 g/mol. The molecule has 2 rings (SSSR count). The molecule has 0 bridgehead atoms. The fraction of sp³-hybridized carbons (Fsp3) is 0.154. The van der Waals surface area contributed by atoms with E-state index in [0.29, 0.717) is 23.7 Å².